The van der Waals surface area contributed by atoms with Crippen molar-refractivity contribution >= 4 is 15.7 Å². The molecule has 4 nitrogen and oxygen atoms in total. The third kappa shape index (κ3) is 3.48. The van der Waals surface area contributed by atoms with Crippen molar-refractivity contribution in [2.24, 2.45) is 0 Å². The van der Waals surface area contributed by atoms with Gasteiger partial charge in [0, 0.05) is 6.07 Å². The summed E-state index contributed by atoms with van der Waals surface area (Å²) in [6, 6.07) is 5.81. The lowest BCUT2D eigenvalue weighted by molar-refractivity contribution is 0.306. The highest BCUT2D eigenvalue weighted by Gasteiger charge is 2.29. The van der Waals surface area contributed by atoms with Crippen LogP contribution in [0.15, 0.2) is 41.3 Å². The number of benzene rings is 2. The summed E-state index contributed by atoms with van der Waals surface area (Å²) in [6.45, 7) is 0.465. The highest BCUT2D eigenvalue weighted by atomic mass is 32.2. The minimum atomic E-state index is -4.46. The molecule has 0 radical (unpaired) electrons. The fourth-order valence-electron chi connectivity index (χ4n) is 2.08. The SMILES string of the molecule is Cc1ccc(S(=O)(=O)N(CCO)c2ccc(F)cc2F)c(F)c1. The zero-order valence-electron chi connectivity index (χ0n) is 12.1. The molecule has 0 aliphatic rings. The summed E-state index contributed by atoms with van der Waals surface area (Å²) in [5, 5.41) is 9.07. The van der Waals surface area contributed by atoms with Crippen molar-refractivity contribution in [3.63, 3.8) is 0 Å². The third-order valence-electron chi connectivity index (χ3n) is 3.14. The van der Waals surface area contributed by atoms with Crippen molar-refractivity contribution in [2.45, 2.75) is 11.8 Å². The van der Waals surface area contributed by atoms with Gasteiger partial charge in [0.25, 0.3) is 10.0 Å². The lowest BCUT2D eigenvalue weighted by Gasteiger charge is -2.24. The number of halogens is 3. The van der Waals surface area contributed by atoms with E-state index in [1.807, 2.05) is 0 Å². The molecule has 0 unspecified atom stereocenters. The Bertz CT molecular complexity index is 825. The predicted molar refractivity (Wildman–Crippen MR) is 79.1 cm³/mol. The molecule has 2 rings (SSSR count). The first-order chi connectivity index (χ1) is 10.8. The summed E-state index contributed by atoms with van der Waals surface area (Å²) in [7, 11) is -4.46. The second-order valence-corrected chi connectivity index (χ2v) is 6.66. The average molecular weight is 345 g/mol. The van der Waals surface area contributed by atoms with Gasteiger partial charge >= 0.3 is 0 Å². The Morgan fingerprint density at radius 3 is 2.30 bits per heavy atom. The number of aryl methyl sites for hydroxylation is 1. The van der Waals surface area contributed by atoms with E-state index in [0.717, 1.165) is 24.3 Å². The van der Waals surface area contributed by atoms with E-state index in [9.17, 15) is 21.6 Å². The molecular weight excluding hydrogens is 331 g/mol. The smallest absolute Gasteiger partial charge is 0.267 e. The molecule has 0 aromatic heterocycles. The molecule has 0 bridgehead atoms. The lowest BCUT2D eigenvalue weighted by atomic mass is 10.2. The van der Waals surface area contributed by atoms with Gasteiger partial charge < -0.3 is 5.11 Å². The van der Waals surface area contributed by atoms with Gasteiger partial charge in [-0.15, -0.1) is 0 Å². The second kappa shape index (κ2) is 6.59. The van der Waals surface area contributed by atoms with Crippen LogP contribution in [-0.2, 0) is 10.0 Å². The Morgan fingerprint density at radius 2 is 1.74 bits per heavy atom. The van der Waals surface area contributed by atoms with Gasteiger partial charge in [0.05, 0.1) is 18.8 Å². The number of hydrogen-bond acceptors (Lipinski definition) is 3. The monoisotopic (exact) mass is 345 g/mol. The molecule has 0 aliphatic heterocycles. The Balaban J connectivity index is 2.59. The zero-order valence-corrected chi connectivity index (χ0v) is 12.9. The summed E-state index contributed by atoms with van der Waals surface area (Å²) in [5.41, 5.74) is 0.0449. The van der Waals surface area contributed by atoms with E-state index in [4.69, 9.17) is 5.11 Å². The predicted octanol–water partition coefficient (Wildman–Crippen LogP) is 2.60. The number of sulfonamides is 1. The van der Waals surface area contributed by atoms with Gasteiger partial charge in [-0.3, -0.25) is 4.31 Å². The zero-order chi connectivity index (χ0) is 17.2. The van der Waals surface area contributed by atoms with E-state index >= 15 is 0 Å². The maximum Gasteiger partial charge on any atom is 0.267 e. The fourth-order valence-corrected chi connectivity index (χ4v) is 3.59. The van der Waals surface area contributed by atoms with Gasteiger partial charge in [0.15, 0.2) is 0 Å². The van der Waals surface area contributed by atoms with E-state index in [1.54, 1.807) is 6.92 Å². The first-order valence-corrected chi connectivity index (χ1v) is 8.06. The number of aliphatic hydroxyl groups is 1. The molecule has 0 heterocycles. The molecule has 0 fully saturated rings. The van der Waals surface area contributed by atoms with Crippen molar-refractivity contribution in [3.05, 3.63) is 59.4 Å². The number of anilines is 1. The molecule has 0 saturated carbocycles. The molecule has 23 heavy (non-hydrogen) atoms. The van der Waals surface area contributed by atoms with Gasteiger partial charge in [-0.25, -0.2) is 21.6 Å². The highest BCUT2D eigenvalue weighted by Crippen LogP contribution is 2.28. The summed E-state index contributed by atoms with van der Waals surface area (Å²) in [5.74, 6) is -3.00. The van der Waals surface area contributed by atoms with Crippen LogP contribution in [0.25, 0.3) is 0 Å². The van der Waals surface area contributed by atoms with Crippen molar-refractivity contribution in [1.82, 2.24) is 0 Å². The largest absolute Gasteiger partial charge is 0.394 e. The summed E-state index contributed by atoms with van der Waals surface area (Å²) in [6.07, 6.45) is 0. The number of nitrogens with zero attached hydrogens (tertiary/aromatic N) is 1. The maximum absolute atomic E-state index is 14.0. The quantitative estimate of drug-likeness (QED) is 0.906. The van der Waals surface area contributed by atoms with Crippen LogP contribution in [0.3, 0.4) is 0 Å². The molecule has 2 aromatic carbocycles. The van der Waals surface area contributed by atoms with Crippen LogP contribution < -0.4 is 4.31 Å². The summed E-state index contributed by atoms with van der Waals surface area (Å²) in [4.78, 5) is -0.653. The first-order valence-electron chi connectivity index (χ1n) is 6.62. The van der Waals surface area contributed by atoms with E-state index < -0.39 is 51.2 Å². The van der Waals surface area contributed by atoms with Crippen molar-refractivity contribution in [1.29, 1.82) is 0 Å². The number of hydrogen-bond donors (Lipinski definition) is 1. The first kappa shape index (κ1) is 17.3. The molecule has 2 aromatic rings. The normalized spacial score (nSPS) is 11.5. The van der Waals surface area contributed by atoms with Crippen LogP contribution in [0.4, 0.5) is 18.9 Å². The second-order valence-electron chi connectivity index (χ2n) is 4.83. The van der Waals surface area contributed by atoms with Gasteiger partial charge in [-0.2, -0.15) is 0 Å². The molecule has 0 aliphatic carbocycles. The van der Waals surface area contributed by atoms with E-state index in [2.05, 4.69) is 0 Å². The Kier molecular flexibility index (Phi) is 4.96. The molecule has 124 valence electrons. The van der Waals surface area contributed by atoms with Crippen LogP contribution in [0.5, 0.6) is 0 Å². The summed E-state index contributed by atoms with van der Waals surface area (Å²) < 4.78 is 66.6. The Hall–Kier alpha value is -2.06. The van der Waals surface area contributed by atoms with Crippen LogP contribution in [0.2, 0.25) is 0 Å². The minimum Gasteiger partial charge on any atom is -0.394 e. The molecular formula is C15H14F3NO3S. The molecule has 0 amide bonds. The van der Waals surface area contributed by atoms with Crippen LogP contribution >= 0.6 is 0 Å². The van der Waals surface area contributed by atoms with Crippen molar-refractivity contribution < 1.29 is 26.7 Å². The Morgan fingerprint density at radius 1 is 1.04 bits per heavy atom. The van der Waals surface area contributed by atoms with Crippen molar-refractivity contribution in [3.8, 4) is 0 Å². The topological polar surface area (TPSA) is 57.6 Å². The fraction of sp³-hybridized carbons (Fsp3) is 0.200. The van der Waals surface area contributed by atoms with Crippen molar-refractivity contribution in [2.75, 3.05) is 17.5 Å². The number of rotatable bonds is 5. The van der Waals surface area contributed by atoms with Gasteiger partial charge in [0.2, 0.25) is 0 Å². The van der Waals surface area contributed by atoms with Crippen LogP contribution in [0.1, 0.15) is 5.56 Å². The van der Waals surface area contributed by atoms with Gasteiger partial charge in [-0.1, -0.05) is 6.07 Å². The molecule has 0 spiro atoms. The lowest BCUT2D eigenvalue weighted by Crippen LogP contribution is -2.34. The van der Waals surface area contributed by atoms with Gasteiger partial charge in [0.1, 0.15) is 22.3 Å². The average Bonchev–Trinajstić information content (AvgIpc) is 2.45. The number of aliphatic hydroxyl groups excluding tert-OH is 1. The summed E-state index contributed by atoms with van der Waals surface area (Å²) >= 11 is 0. The standard InChI is InChI=1S/C15H14F3NO3S/c1-10-2-5-15(13(18)8-10)23(21,22)19(6-7-20)14-4-3-11(16)9-12(14)17/h2-5,8-9,20H,6-7H2,1H3. The highest BCUT2D eigenvalue weighted by molar-refractivity contribution is 7.92. The van der Waals surface area contributed by atoms with Gasteiger partial charge in [-0.05, 0) is 36.8 Å². The molecule has 8 heteroatoms. The molecule has 0 atom stereocenters. The maximum atomic E-state index is 14.0. The Labute approximate surface area is 131 Å². The van der Waals surface area contributed by atoms with E-state index in [-0.39, 0.29) is 0 Å². The van der Waals surface area contributed by atoms with Crippen LogP contribution in [0, 0.1) is 24.4 Å². The van der Waals surface area contributed by atoms with E-state index in [1.165, 1.54) is 6.07 Å². The van der Waals surface area contributed by atoms with E-state index in [0.29, 0.717) is 15.9 Å². The minimum absolute atomic E-state index is 0.472. The third-order valence-corrected chi connectivity index (χ3v) is 4.98. The van der Waals surface area contributed by atoms with Crippen LogP contribution in [-0.4, -0.2) is 26.7 Å². The molecule has 0 saturated heterocycles. The molecule has 1 N–H and O–H groups in total.